The minimum atomic E-state index is -0.653. The number of carbonyl (C=O) groups excluding carboxylic acids is 4. The number of imidazole rings is 1. The fourth-order valence-corrected chi connectivity index (χ4v) is 6.80. The largest absolute Gasteiger partial charge is 0.453 e. The van der Waals surface area contributed by atoms with Crippen LogP contribution in [0.2, 0.25) is 0 Å². The lowest BCUT2D eigenvalue weighted by molar-refractivity contribution is -0.131. The molecule has 4 N–H and O–H groups in total. The van der Waals surface area contributed by atoms with Gasteiger partial charge in [-0.2, -0.15) is 0 Å². The van der Waals surface area contributed by atoms with Gasteiger partial charge in [-0.1, -0.05) is 90.8 Å². The predicted octanol–water partition coefficient (Wildman–Crippen LogP) is 8.38. The number of H-pyrrole nitrogens is 1. The highest BCUT2D eigenvalue weighted by Gasteiger charge is 2.19. The number of aromatic amines is 1. The maximum Gasteiger partial charge on any atom is 0.407 e. The number of amides is 4. The standard InChI is InChI=1S/C38H48N8O6S.2C3H8/c1-7-16-45(34(47)22-42-37(49)51-5)18-15-40-20-31(39-4)27-11-9-26(10-12-27)28-13-14-29(36-30(28)19-25(3)53-36)32-21-41-33(44-32)24-46(17-8-2)35(48)23-43-38(50)52-6;2*1-3-2/h9-14,19-21,40H,4,7-8,15-18,22-24H2,1-3,5-6H3,(H,41,44)(H,42,49)(H,43,50);2*3H2,1-2H3/b31-20-;;. The number of thiophene rings is 1. The van der Waals surface area contributed by atoms with Crippen LogP contribution >= 0.6 is 11.3 Å². The van der Waals surface area contributed by atoms with Crippen molar-refractivity contribution in [3.05, 3.63) is 71.1 Å². The first kappa shape index (κ1) is 49.4. The van der Waals surface area contributed by atoms with Gasteiger partial charge in [0.15, 0.2) is 0 Å². The molecule has 4 rings (SSSR count). The number of methoxy groups -OCH3 is 2. The van der Waals surface area contributed by atoms with Crippen LogP contribution in [0, 0.1) is 6.92 Å². The Bertz CT molecular complexity index is 1950. The normalized spacial score (nSPS) is 10.6. The van der Waals surface area contributed by atoms with Gasteiger partial charge in [-0.15, -0.1) is 11.3 Å². The second kappa shape index (κ2) is 27.1. The van der Waals surface area contributed by atoms with Gasteiger partial charge in [0.1, 0.15) is 18.9 Å². The third-order valence-corrected chi connectivity index (χ3v) is 9.41. The first-order valence-electron chi connectivity index (χ1n) is 20.2. The van der Waals surface area contributed by atoms with E-state index in [1.54, 1.807) is 33.5 Å². The van der Waals surface area contributed by atoms with Crippen molar-refractivity contribution in [2.24, 2.45) is 4.99 Å². The lowest BCUT2D eigenvalue weighted by Gasteiger charge is -2.22. The Morgan fingerprint density at radius 2 is 1.39 bits per heavy atom. The second-order valence-electron chi connectivity index (χ2n) is 13.5. The molecule has 15 heteroatoms. The van der Waals surface area contributed by atoms with Crippen LogP contribution in [-0.2, 0) is 25.6 Å². The summed E-state index contributed by atoms with van der Waals surface area (Å²) in [4.78, 5) is 64.9. The number of aryl methyl sites for hydroxylation is 1. The summed E-state index contributed by atoms with van der Waals surface area (Å²) in [6, 6.07) is 14.5. The van der Waals surface area contributed by atoms with E-state index in [1.165, 1.54) is 31.9 Å². The molecular formula is C44H64N8O6S. The van der Waals surface area contributed by atoms with E-state index in [0.717, 1.165) is 50.9 Å². The zero-order valence-electron chi connectivity index (χ0n) is 36.3. The number of alkyl carbamates (subject to hydrolysis) is 2. The molecule has 2 aromatic heterocycles. The number of hydrogen-bond donors (Lipinski definition) is 4. The summed E-state index contributed by atoms with van der Waals surface area (Å²) in [7, 11) is 2.51. The summed E-state index contributed by atoms with van der Waals surface area (Å²) in [5.41, 5.74) is 5.56. The minimum absolute atomic E-state index is 0.125. The second-order valence-corrected chi connectivity index (χ2v) is 14.8. The molecule has 0 spiro atoms. The molecule has 59 heavy (non-hydrogen) atoms. The first-order chi connectivity index (χ1) is 28.4. The molecular weight excluding hydrogens is 769 g/mol. The summed E-state index contributed by atoms with van der Waals surface area (Å²) in [6.45, 7) is 20.4. The van der Waals surface area contributed by atoms with Gasteiger partial charge in [0, 0.05) is 58.5 Å². The molecule has 0 saturated heterocycles. The van der Waals surface area contributed by atoms with Crippen LogP contribution in [0.3, 0.4) is 0 Å². The van der Waals surface area contributed by atoms with Crippen LogP contribution in [-0.4, -0.2) is 104 Å². The van der Waals surface area contributed by atoms with Crippen molar-refractivity contribution in [2.75, 3.05) is 53.5 Å². The van der Waals surface area contributed by atoms with Crippen LogP contribution in [0.1, 0.15) is 83.5 Å². The van der Waals surface area contributed by atoms with Crippen LogP contribution < -0.4 is 16.0 Å². The molecule has 0 fully saturated rings. The number of hydrogen-bond acceptors (Lipinski definition) is 10. The SMILES string of the molecule is C=N/C(=C\NCCN(CCC)C(=O)CNC(=O)OC)c1ccc(-c2ccc(-c3cnc(CN(CCC)C(=O)CNC(=O)OC)[nH]3)c3sc(C)cc23)cc1.CCC.CCC. The number of aliphatic imine (C=N–C) groups is 1. The summed E-state index contributed by atoms with van der Waals surface area (Å²) < 4.78 is 10.3. The molecule has 4 aromatic rings. The van der Waals surface area contributed by atoms with Crippen molar-refractivity contribution in [3.8, 4) is 22.4 Å². The molecule has 322 valence electrons. The topological polar surface area (TPSA) is 170 Å². The van der Waals surface area contributed by atoms with Crippen molar-refractivity contribution in [1.29, 1.82) is 0 Å². The summed E-state index contributed by atoms with van der Waals surface area (Å²) in [6.07, 6.45) is 6.33. The molecule has 4 amide bonds. The molecule has 0 aliphatic carbocycles. The van der Waals surface area contributed by atoms with Crippen molar-refractivity contribution in [3.63, 3.8) is 0 Å². The van der Waals surface area contributed by atoms with Gasteiger partial charge in [0.2, 0.25) is 11.8 Å². The zero-order chi connectivity index (χ0) is 43.7. The van der Waals surface area contributed by atoms with Gasteiger partial charge in [-0.3, -0.25) is 14.6 Å². The predicted molar refractivity (Wildman–Crippen MR) is 240 cm³/mol. The number of nitrogens with zero attached hydrogens (tertiary/aromatic N) is 4. The Morgan fingerprint density at radius 1 is 0.831 bits per heavy atom. The zero-order valence-corrected chi connectivity index (χ0v) is 37.1. The number of nitrogens with one attached hydrogen (secondary N) is 4. The molecule has 0 atom stereocenters. The third kappa shape index (κ3) is 15.9. The maximum absolute atomic E-state index is 12.8. The van der Waals surface area contributed by atoms with E-state index in [1.807, 2.05) is 26.0 Å². The number of ether oxygens (including phenoxy) is 2. The van der Waals surface area contributed by atoms with E-state index >= 15 is 0 Å². The fourth-order valence-electron chi connectivity index (χ4n) is 5.74. The highest BCUT2D eigenvalue weighted by atomic mass is 32.1. The number of carbonyl (C=O) groups is 4. The third-order valence-electron chi connectivity index (χ3n) is 8.32. The minimum Gasteiger partial charge on any atom is -0.453 e. The average Bonchev–Trinajstić information content (AvgIpc) is 3.87. The molecule has 14 nitrogen and oxygen atoms in total. The van der Waals surface area contributed by atoms with Gasteiger partial charge < -0.3 is 40.2 Å². The monoisotopic (exact) mass is 832 g/mol. The van der Waals surface area contributed by atoms with Crippen molar-refractivity contribution in [2.45, 2.75) is 80.7 Å². The average molecular weight is 833 g/mol. The van der Waals surface area contributed by atoms with E-state index in [2.05, 4.69) is 112 Å². The lowest BCUT2D eigenvalue weighted by atomic mass is 9.97. The highest BCUT2D eigenvalue weighted by Crippen LogP contribution is 2.40. The Labute approximate surface area is 353 Å². The summed E-state index contributed by atoms with van der Waals surface area (Å²) >= 11 is 1.71. The van der Waals surface area contributed by atoms with Crippen LogP contribution in [0.25, 0.3) is 38.2 Å². The van der Waals surface area contributed by atoms with Gasteiger partial charge >= 0.3 is 12.2 Å². The van der Waals surface area contributed by atoms with Crippen molar-refractivity contribution in [1.82, 2.24) is 35.7 Å². The maximum atomic E-state index is 12.8. The quantitative estimate of drug-likeness (QED) is 0.0573. The molecule has 0 unspecified atom stereocenters. The Morgan fingerprint density at radius 3 is 1.95 bits per heavy atom. The Hall–Kier alpha value is -5.70. The fraction of sp³-hybridized carbons (Fsp3) is 0.455. The molecule has 0 aliphatic rings. The number of benzene rings is 2. The smallest absolute Gasteiger partial charge is 0.407 e. The highest BCUT2D eigenvalue weighted by molar-refractivity contribution is 7.19. The Balaban J connectivity index is 0.00000188. The van der Waals surface area contributed by atoms with E-state index in [0.29, 0.717) is 37.7 Å². The number of fused-ring (bicyclic) bond motifs is 1. The molecule has 0 aliphatic heterocycles. The molecule has 2 heterocycles. The molecule has 0 saturated carbocycles. The molecule has 0 radical (unpaired) electrons. The Kier molecular flexibility index (Phi) is 22.7. The number of aromatic nitrogens is 2. The van der Waals surface area contributed by atoms with Gasteiger partial charge in [0.25, 0.3) is 0 Å². The van der Waals surface area contributed by atoms with Gasteiger partial charge in [-0.05, 0) is 43.7 Å². The summed E-state index contributed by atoms with van der Waals surface area (Å²) in [5, 5.41) is 9.24. The van der Waals surface area contributed by atoms with Crippen molar-refractivity contribution >= 4 is 57.8 Å². The first-order valence-corrected chi connectivity index (χ1v) is 21.0. The van der Waals surface area contributed by atoms with E-state index in [-0.39, 0.29) is 31.4 Å². The van der Waals surface area contributed by atoms with E-state index in [9.17, 15) is 19.2 Å². The van der Waals surface area contributed by atoms with Crippen LogP contribution in [0.15, 0.2) is 59.9 Å². The number of rotatable bonds is 18. The van der Waals surface area contributed by atoms with E-state index < -0.39 is 12.2 Å². The summed E-state index contributed by atoms with van der Waals surface area (Å²) in [5.74, 6) is 0.238. The molecule has 2 aromatic carbocycles. The van der Waals surface area contributed by atoms with Gasteiger partial charge in [-0.25, -0.2) is 14.6 Å². The van der Waals surface area contributed by atoms with Crippen LogP contribution in [0.5, 0.6) is 0 Å². The molecule has 0 bridgehead atoms. The van der Waals surface area contributed by atoms with Crippen molar-refractivity contribution < 1.29 is 28.7 Å². The van der Waals surface area contributed by atoms with Crippen LogP contribution in [0.4, 0.5) is 9.59 Å². The van der Waals surface area contributed by atoms with Gasteiger partial charge in [0.05, 0.1) is 38.4 Å². The van der Waals surface area contributed by atoms with E-state index in [4.69, 9.17) is 0 Å². The lowest BCUT2D eigenvalue weighted by Crippen LogP contribution is -2.42.